The number of rotatable bonds is 6. The van der Waals surface area contributed by atoms with Crippen LogP contribution in [-0.2, 0) is 34.9 Å². The number of imidazole rings is 1. The van der Waals surface area contributed by atoms with Crippen LogP contribution in [0, 0.1) is 0 Å². The highest BCUT2D eigenvalue weighted by atomic mass is 32.2. The van der Waals surface area contributed by atoms with E-state index in [1.54, 1.807) is 35.9 Å². The zero-order valence-electron chi connectivity index (χ0n) is 26.8. The predicted octanol–water partition coefficient (Wildman–Crippen LogP) is 3.18. The molecule has 1 atom stereocenters. The number of allylic oxidation sites excluding steroid dienone is 3. The highest BCUT2D eigenvalue weighted by molar-refractivity contribution is 7.95. The Balaban J connectivity index is 1.60. The van der Waals surface area contributed by atoms with Crippen LogP contribution in [0.5, 0.6) is 0 Å². The molecule has 1 amide bonds. The Morgan fingerprint density at radius 1 is 1.13 bits per heavy atom. The third-order valence-corrected chi connectivity index (χ3v) is 9.45. The minimum absolute atomic E-state index is 0.204. The maximum Gasteiger partial charge on any atom is 0.407 e. The quantitative estimate of drug-likeness (QED) is 0.406. The number of amides is 1. The SMILES string of the molecule is CC(C)=CCn1c(N2CCCC(NC(=O)OC(C)(C)C)C2)nc2c1c(=O)n(CC1=CS(=O)(=O)N(C)c3ccccc31)c(=O)n2C. The summed E-state index contributed by atoms with van der Waals surface area (Å²) in [6, 6.07) is 6.78. The number of para-hydroxylation sites is 1. The highest BCUT2D eigenvalue weighted by Gasteiger charge is 2.31. The van der Waals surface area contributed by atoms with Gasteiger partial charge in [0, 0.05) is 45.3 Å². The molecule has 13 nitrogen and oxygen atoms in total. The van der Waals surface area contributed by atoms with Gasteiger partial charge in [0.1, 0.15) is 5.60 Å². The summed E-state index contributed by atoms with van der Waals surface area (Å²) in [4.78, 5) is 47.2. The van der Waals surface area contributed by atoms with Crippen molar-refractivity contribution in [3.05, 3.63) is 67.7 Å². The van der Waals surface area contributed by atoms with Crippen LogP contribution in [-0.4, -0.2) is 65.0 Å². The fourth-order valence-electron chi connectivity index (χ4n) is 5.71. The number of ether oxygens (including phenoxy) is 1. The van der Waals surface area contributed by atoms with Gasteiger partial charge in [-0.1, -0.05) is 29.8 Å². The number of fused-ring (bicyclic) bond motifs is 2. The van der Waals surface area contributed by atoms with Crippen molar-refractivity contribution < 1.29 is 17.9 Å². The molecule has 1 aromatic carbocycles. The molecule has 0 radical (unpaired) electrons. The molecule has 0 bridgehead atoms. The minimum atomic E-state index is -3.81. The van der Waals surface area contributed by atoms with Gasteiger partial charge in [-0.15, -0.1) is 0 Å². The van der Waals surface area contributed by atoms with Crippen LogP contribution in [0.4, 0.5) is 16.4 Å². The summed E-state index contributed by atoms with van der Waals surface area (Å²) in [6.07, 6.45) is 3.00. The van der Waals surface area contributed by atoms with E-state index in [2.05, 4.69) is 5.32 Å². The van der Waals surface area contributed by atoms with Crippen LogP contribution < -0.4 is 25.8 Å². The van der Waals surface area contributed by atoms with E-state index in [4.69, 9.17) is 9.72 Å². The van der Waals surface area contributed by atoms with Gasteiger partial charge in [-0.25, -0.2) is 18.0 Å². The molecule has 5 rings (SSSR count). The summed E-state index contributed by atoms with van der Waals surface area (Å²) in [5.74, 6) is 0.509. The molecule has 2 aliphatic rings. The monoisotopic (exact) mass is 639 g/mol. The molecule has 0 aliphatic carbocycles. The second-order valence-electron chi connectivity index (χ2n) is 12.8. The van der Waals surface area contributed by atoms with Gasteiger partial charge in [0.15, 0.2) is 11.2 Å². The third-order valence-electron chi connectivity index (χ3n) is 7.91. The van der Waals surface area contributed by atoms with Crippen LogP contribution in [0.1, 0.15) is 53.0 Å². The molecular formula is C31H41N7O6S. The van der Waals surface area contributed by atoms with Crippen LogP contribution in [0.25, 0.3) is 16.7 Å². The molecule has 4 heterocycles. The average Bonchev–Trinajstić information content (AvgIpc) is 3.34. The van der Waals surface area contributed by atoms with Crippen molar-refractivity contribution >= 4 is 44.5 Å². The van der Waals surface area contributed by atoms with Gasteiger partial charge in [0.2, 0.25) is 5.95 Å². The third kappa shape index (κ3) is 6.42. The number of alkyl carbamates (subject to hydrolysis) is 1. The number of aromatic nitrogens is 4. The normalized spacial score (nSPS) is 17.9. The first-order valence-corrected chi connectivity index (χ1v) is 16.4. The summed E-state index contributed by atoms with van der Waals surface area (Å²) >= 11 is 0. The lowest BCUT2D eigenvalue weighted by atomic mass is 10.0. The van der Waals surface area contributed by atoms with Crippen molar-refractivity contribution in [2.75, 3.05) is 29.3 Å². The van der Waals surface area contributed by atoms with Crippen LogP contribution in [0.3, 0.4) is 0 Å². The standard InChI is InChI=1S/C31H41N7O6S/c1-20(2)14-16-37-25-26(33-28(37)36-15-10-11-22(18-36)32-29(40)44-31(3,4)5)34(6)30(41)38(27(25)39)17-21-19-45(42,43)35(7)24-13-9-8-12-23(21)24/h8-9,12-14,19,22H,10-11,15-18H2,1-7H3,(H,32,40). The molecule has 2 aromatic heterocycles. The van der Waals surface area contributed by atoms with E-state index in [0.29, 0.717) is 42.4 Å². The van der Waals surface area contributed by atoms with Gasteiger partial charge in [-0.2, -0.15) is 4.98 Å². The molecule has 3 aromatic rings. The molecule has 1 fully saturated rings. The smallest absolute Gasteiger partial charge is 0.407 e. The van der Waals surface area contributed by atoms with E-state index in [1.165, 1.54) is 15.9 Å². The van der Waals surface area contributed by atoms with E-state index >= 15 is 0 Å². The van der Waals surface area contributed by atoms with Crippen LogP contribution >= 0.6 is 0 Å². The molecular weight excluding hydrogens is 598 g/mol. The Kier molecular flexibility index (Phi) is 8.47. The number of hydrogen-bond acceptors (Lipinski definition) is 8. The van der Waals surface area contributed by atoms with Gasteiger partial charge < -0.3 is 19.5 Å². The molecule has 14 heteroatoms. The van der Waals surface area contributed by atoms with Gasteiger partial charge in [0.05, 0.1) is 17.6 Å². The molecule has 2 aliphatic heterocycles. The maximum atomic E-state index is 14.2. The van der Waals surface area contributed by atoms with E-state index in [-0.39, 0.29) is 23.8 Å². The number of benzene rings is 1. The maximum absolute atomic E-state index is 14.2. The fourth-order valence-corrected chi connectivity index (χ4v) is 6.86. The molecule has 0 saturated carbocycles. The van der Waals surface area contributed by atoms with E-state index in [9.17, 15) is 22.8 Å². The van der Waals surface area contributed by atoms with Crippen LogP contribution in [0.2, 0.25) is 0 Å². The number of carbonyl (C=O) groups excluding carboxylic acids is 1. The van der Waals surface area contributed by atoms with Gasteiger partial charge in [-0.05, 0) is 59.1 Å². The van der Waals surface area contributed by atoms with Crippen molar-refractivity contribution in [3.8, 4) is 0 Å². The molecule has 45 heavy (non-hydrogen) atoms. The lowest BCUT2D eigenvalue weighted by molar-refractivity contribution is 0.0499. The Bertz CT molecular complexity index is 1940. The molecule has 1 N–H and O–H groups in total. The number of anilines is 2. The van der Waals surface area contributed by atoms with Gasteiger partial charge in [-0.3, -0.25) is 18.2 Å². The first-order valence-electron chi connectivity index (χ1n) is 14.9. The van der Waals surface area contributed by atoms with Crippen molar-refractivity contribution in [2.24, 2.45) is 7.05 Å². The molecule has 1 unspecified atom stereocenters. The Labute approximate surface area is 262 Å². The number of aryl methyl sites for hydroxylation is 1. The zero-order chi connectivity index (χ0) is 32.8. The van der Waals surface area contributed by atoms with E-state index in [1.807, 2.05) is 45.6 Å². The van der Waals surface area contributed by atoms with Gasteiger partial charge in [0.25, 0.3) is 15.6 Å². The topological polar surface area (TPSA) is 141 Å². The zero-order valence-corrected chi connectivity index (χ0v) is 27.6. The molecule has 242 valence electrons. The lowest BCUT2D eigenvalue weighted by Crippen LogP contribution is -2.49. The first-order chi connectivity index (χ1) is 21.1. The molecule has 1 saturated heterocycles. The average molecular weight is 640 g/mol. The Morgan fingerprint density at radius 3 is 2.53 bits per heavy atom. The number of hydrogen-bond donors (Lipinski definition) is 1. The van der Waals surface area contributed by atoms with E-state index in [0.717, 1.165) is 28.4 Å². The summed E-state index contributed by atoms with van der Waals surface area (Å²) in [5, 5.41) is 4.07. The van der Waals surface area contributed by atoms with Crippen molar-refractivity contribution in [2.45, 2.75) is 72.2 Å². The summed E-state index contributed by atoms with van der Waals surface area (Å²) in [7, 11) is -0.784. The van der Waals surface area contributed by atoms with Crippen LogP contribution in [0.15, 0.2) is 50.9 Å². The summed E-state index contributed by atoms with van der Waals surface area (Å²) < 4.78 is 36.7. The van der Waals surface area contributed by atoms with Crippen molar-refractivity contribution in [1.29, 1.82) is 0 Å². The Morgan fingerprint density at radius 2 is 1.84 bits per heavy atom. The number of nitrogens with zero attached hydrogens (tertiary/aromatic N) is 6. The summed E-state index contributed by atoms with van der Waals surface area (Å²) in [6.45, 7) is 10.5. The first kappa shape index (κ1) is 32.1. The summed E-state index contributed by atoms with van der Waals surface area (Å²) in [5.41, 5.74) is 1.13. The number of sulfonamides is 1. The predicted molar refractivity (Wildman–Crippen MR) is 175 cm³/mol. The second kappa shape index (κ2) is 11.9. The fraction of sp³-hybridized carbons (Fsp3) is 0.484. The Hall–Kier alpha value is -4.33. The van der Waals surface area contributed by atoms with Crippen molar-refractivity contribution in [1.82, 2.24) is 24.0 Å². The number of nitrogens with one attached hydrogen (secondary N) is 1. The second-order valence-corrected chi connectivity index (χ2v) is 14.6. The minimum Gasteiger partial charge on any atom is -0.444 e. The largest absolute Gasteiger partial charge is 0.444 e. The number of piperidine rings is 1. The van der Waals surface area contributed by atoms with Crippen molar-refractivity contribution in [3.63, 3.8) is 0 Å². The lowest BCUT2D eigenvalue weighted by Gasteiger charge is -2.34. The number of carbonyl (C=O) groups is 1. The van der Waals surface area contributed by atoms with Gasteiger partial charge >= 0.3 is 11.8 Å². The molecule has 0 spiro atoms. The highest BCUT2D eigenvalue weighted by Crippen LogP contribution is 2.34. The van der Waals surface area contributed by atoms with E-state index < -0.39 is 33.0 Å².